The van der Waals surface area contributed by atoms with Crippen LogP contribution in [0.3, 0.4) is 0 Å². The summed E-state index contributed by atoms with van der Waals surface area (Å²) >= 11 is 0. The summed E-state index contributed by atoms with van der Waals surface area (Å²) in [6.45, 7) is 1.95. The summed E-state index contributed by atoms with van der Waals surface area (Å²) in [6.07, 6.45) is 3.20. The van der Waals surface area contributed by atoms with Crippen LogP contribution in [0, 0.1) is 0 Å². The number of carbonyl (C=O) groups excluding carboxylic acids is 1. The predicted octanol–water partition coefficient (Wildman–Crippen LogP) is 2.61. The third kappa shape index (κ3) is 3.60. The van der Waals surface area contributed by atoms with Gasteiger partial charge in [0.25, 0.3) is 0 Å². The number of nitrogens with one attached hydrogen (secondary N) is 2. The molecule has 0 radical (unpaired) electrons. The molecule has 1 aromatic carbocycles. The van der Waals surface area contributed by atoms with E-state index in [1.54, 1.807) is 41.6 Å². The maximum absolute atomic E-state index is 12.2. The predicted molar refractivity (Wildman–Crippen MR) is 96.8 cm³/mol. The van der Waals surface area contributed by atoms with Crippen molar-refractivity contribution in [1.82, 2.24) is 14.5 Å². The third-order valence-corrected chi connectivity index (χ3v) is 4.31. The highest BCUT2D eigenvalue weighted by Crippen LogP contribution is 2.17. The molecule has 0 bridgehead atoms. The highest BCUT2D eigenvalue weighted by Gasteiger charge is 2.11. The summed E-state index contributed by atoms with van der Waals surface area (Å²) in [6, 6.07) is 8.92. The number of rotatable bonds is 5. The lowest BCUT2D eigenvalue weighted by atomic mass is 10.1. The summed E-state index contributed by atoms with van der Waals surface area (Å²) in [7, 11) is 3.44. The first kappa shape index (κ1) is 16.9. The fraction of sp³-hybridized carbons (Fsp3) is 0.333. The fourth-order valence-corrected chi connectivity index (χ4v) is 2.86. The molecule has 0 aliphatic heterocycles. The molecule has 0 fully saturated rings. The molecule has 0 aliphatic carbocycles. The molecule has 2 amide bonds. The maximum atomic E-state index is 12.2. The van der Waals surface area contributed by atoms with Gasteiger partial charge in [0, 0.05) is 32.2 Å². The van der Waals surface area contributed by atoms with Gasteiger partial charge < -0.3 is 15.1 Å². The molecule has 0 saturated heterocycles. The van der Waals surface area contributed by atoms with E-state index in [9.17, 15) is 9.59 Å². The summed E-state index contributed by atoms with van der Waals surface area (Å²) in [5.41, 5.74) is 2.15. The Morgan fingerprint density at radius 2 is 1.96 bits per heavy atom. The van der Waals surface area contributed by atoms with E-state index in [1.807, 2.05) is 25.1 Å². The van der Waals surface area contributed by atoms with Crippen molar-refractivity contribution in [2.24, 2.45) is 14.1 Å². The SMILES string of the molecule is CC(CCc1ccco1)NC(=O)Nc1ccc2c(c1)n(C)c(=O)n2C. The van der Waals surface area contributed by atoms with Crippen LogP contribution in [0.2, 0.25) is 0 Å². The molecule has 0 aliphatic rings. The summed E-state index contributed by atoms with van der Waals surface area (Å²) in [5, 5.41) is 5.72. The lowest BCUT2D eigenvalue weighted by Gasteiger charge is -2.14. The Bertz CT molecular complexity index is 937. The van der Waals surface area contributed by atoms with Crippen molar-refractivity contribution in [2.75, 3.05) is 5.32 Å². The number of nitrogens with zero attached hydrogens (tertiary/aromatic N) is 2. The van der Waals surface area contributed by atoms with Gasteiger partial charge in [0.15, 0.2) is 0 Å². The Morgan fingerprint density at radius 3 is 2.68 bits per heavy atom. The first-order chi connectivity index (χ1) is 12.0. The van der Waals surface area contributed by atoms with E-state index >= 15 is 0 Å². The van der Waals surface area contributed by atoms with Gasteiger partial charge in [0.1, 0.15) is 5.76 Å². The normalized spacial score (nSPS) is 12.3. The fourth-order valence-electron chi connectivity index (χ4n) is 2.86. The summed E-state index contributed by atoms with van der Waals surface area (Å²) in [4.78, 5) is 24.1. The molecule has 0 saturated carbocycles. The molecule has 0 spiro atoms. The van der Waals surface area contributed by atoms with Gasteiger partial charge in [0.05, 0.1) is 17.3 Å². The van der Waals surface area contributed by atoms with Gasteiger partial charge in [-0.15, -0.1) is 0 Å². The third-order valence-electron chi connectivity index (χ3n) is 4.31. The van der Waals surface area contributed by atoms with E-state index < -0.39 is 0 Å². The van der Waals surface area contributed by atoms with Gasteiger partial charge in [-0.25, -0.2) is 9.59 Å². The summed E-state index contributed by atoms with van der Waals surface area (Å²) < 4.78 is 8.43. The maximum Gasteiger partial charge on any atom is 0.328 e. The van der Waals surface area contributed by atoms with Gasteiger partial charge in [-0.3, -0.25) is 9.13 Å². The van der Waals surface area contributed by atoms with E-state index in [1.165, 1.54) is 0 Å². The number of imidazole rings is 1. The van der Waals surface area contributed by atoms with Crippen molar-refractivity contribution in [3.8, 4) is 0 Å². The van der Waals surface area contributed by atoms with E-state index in [-0.39, 0.29) is 17.8 Å². The standard InChI is InChI=1S/C18H22N4O3/c1-12(6-8-14-5-4-10-25-14)19-17(23)20-13-7-9-15-16(11-13)22(3)18(24)21(15)2/h4-5,7,9-12H,6,8H2,1-3H3,(H2,19,20,23). The zero-order valence-electron chi connectivity index (χ0n) is 14.6. The first-order valence-corrected chi connectivity index (χ1v) is 8.21. The van der Waals surface area contributed by atoms with Crippen LogP contribution in [-0.4, -0.2) is 21.2 Å². The van der Waals surface area contributed by atoms with Gasteiger partial charge >= 0.3 is 11.7 Å². The molecule has 25 heavy (non-hydrogen) atoms. The Balaban J connectivity index is 1.61. The minimum atomic E-state index is -0.271. The van der Waals surface area contributed by atoms with Crippen LogP contribution in [0.25, 0.3) is 11.0 Å². The van der Waals surface area contributed by atoms with Crippen LogP contribution in [-0.2, 0) is 20.5 Å². The molecule has 7 heteroatoms. The number of aromatic nitrogens is 2. The topological polar surface area (TPSA) is 81.2 Å². The average molecular weight is 342 g/mol. The molecule has 1 atom stereocenters. The second kappa shape index (κ2) is 6.88. The molecular weight excluding hydrogens is 320 g/mol. The first-order valence-electron chi connectivity index (χ1n) is 8.21. The van der Waals surface area contributed by atoms with E-state index in [0.717, 1.165) is 29.6 Å². The molecule has 3 aromatic rings. The van der Waals surface area contributed by atoms with Crippen molar-refractivity contribution in [1.29, 1.82) is 0 Å². The van der Waals surface area contributed by atoms with Gasteiger partial charge in [-0.05, 0) is 43.7 Å². The van der Waals surface area contributed by atoms with E-state index in [4.69, 9.17) is 4.42 Å². The number of furan rings is 1. The largest absolute Gasteiger partial charge is 0.469 e. The second-order valence-electron chi connectivity index (χ2n) is 6.22. The van der Waals surface area contributed by atoms with Crippen LogP contribution in [0.4, 0.5) is 10.5 Å². The van der Waals surface area contributed by atoms with Crippen LogP contribution >= 0.6 is 0 Å². The Hall–Kier alpha value is -2.96. The van der Waals surface area contributed by atoms with Gasteiger partial charge in [0.2, 0.25) is 0 Å². The monoisotopic (exact) mass is 342 g/mol. The average Bonchev–Trinajstić information content (AvgIpc) is 3.17. The lowest BCUT2D eigenvalue weighted by molar-refractivity contribution is 0.248. The zero-order valence-corrected chi connectivity index (χ0v) is 14.6. The van der Waals surface area contributed by atoms with Gasteiger partial charge in [-0.2, -0.15) is 0 Å². The quantitative estimate of drug-likeness (QED) is 0.748. The number of hydrogen-bond acceptors (Lipinski definition) is 3. The Labute approximate surface area is 145 Å². The second-order valence-corrected chi connectivity index (χ2v) is 6.22. The smallest absolute Gasteiger partial charge is 0.328 e. The number of anilines is 1. The molecule has 2 heterocycles. The summed E-state index contributed by atoms with van der Waals surface area (Å²) in [5.74, 6) is 0.907. The number of aryl methyl sites for hydroxylation is 3. The Kier molecular flexibility index (Phi) is 4.65. The molecular formula is C18H22N4O3. The van der Waals surface area contributed by atoms with Crippen molar-refractivity contribution < 1.29 is 9.21 Å². The van der Waals surface area contributed by atoms with Crippen molar-refractivity contribution in [2.45, 2.75) is 25.8 Å². The van der Waals surface area contributed by atoms with Crippen LogP contribution in [0.1, 0.15) is 19.1 Å². The van der Waals surface area contributed by atoms with Gasteiger partial charge in [-0.1, -0.05) is 0 Å². The van der Waals surface area contributed by atoms with Crippen molar-refractivity contribution >= 4 is 22.8 Å². The van der Waals surface area contributed by atoms with E-state index in [2.05, 4.69) is 10.6 Å². The number of carbonyl (C=O) groups is 1. The zero-order chi connectivity index (χ0) is 18.0. The number of hydrogen-bond donors (Lipinski definition) is 2. The Morgan fingerprint density at radius 1 is 1.20 bits per heavy atom. The molecule has 7 nitrogen and oxygen atoms in total. The highest BCUT2D eigenvalue weighted by atomic mass is 16.3. The van der Waals surface area contributed by atoms with Crippen LogP contribution < -0.4 is 16.3 Å². The number of fused-ring (bicyclic) bond motifs is 1. The van der Waals surface area contributed by atoms with E-state index in [0.29, 0.717) is 5.69 Å². The lowest BCUT2D eigenvalue weighted by Crippen LogP contribution is -2.36. The van der Waals surface area contributed by atoms with Crippen LogP contribution in [0.5, 0.6) is 0 Å². The molecule has 1 unspecified atom stereocenters. The minimum Gasteiger partial charge on any atom is -0.469 e. The van der Waals surface area contributed by atoms with Crippen molar-refractivity contribution in [3.05, 3.63) is 52.8 Å². The molecule has 3 rings (SSSR count). The molecule has 2 N–H and O–H groups in total. The molecule has 132 valence electrons. The number of amides is 2. The number of urea groups is 1. The van der Waals surface area contributed by atoms with Crippen molar-refractivity contribution in [3.63, 3.8) is 0 Å². The minimum absolute atomic E-state index is 0.00918. The highest BCUT2D eigenvalue weighted by molar-refractivity contribution is 5.92. The molecule has 2 aromatic heterocycles. The van der Waals surface area contributed by atoms with Crippen LogP contribution in [0.15, 0.2) is 45.8 Å². The number of benzene rings is 1.